The van der Waals surface area contributed by atoms with Crippen molar-refractivity contribution in [3.63, 3.8) is 0 Å². The molecule has 0 aliphatic rings. The molecule has 0 fully saturated rings. The summed E-state index contributed by atoms with van der Waals surface area (Å²) >= 11 is 0. The van der Waals surface area contributed by atoms with Crippen LogP contribution in [0.25, 0.3) is 0 Å². The maximum atomic E-state index is 5.98. The van der Waals surface area contributed by atoms with Crippen LogP contribution in [-0.4, -0.2) is 14.0 Å². The Morgan fingerprint density at radius 3 is 2.12 bits per heavy atom. The first kappa shape index (κ1) is 16.2. The molecular weight excluding hydrogens is 226 g/mol. The Hall–Kier alpha value is -0.833. The predicted octanol–water partition coefficient (Wildman–Crippen LogP) is 4.91. The van der Waals surface area contributed by atoms with Gasteiger partial charge in [-0.1, -0.05) is 26.8 Å². The van der Waals surface area contributed by atoms with Gasteiger partial charge in [0, 0.05) is 5.71 Å². The predicted molar refractivity (Wildman–Crippen MR) is 80.0 cm³/mol. The fourth-order valence-corrected chi connectivity index (χ4v) is 1.81. The second-order valence-electron chi connectivity index (χ2n) is 5.89. The summed E-state index contributed by atoms with van der Waals surface area (Å²) in [6.45, 7) is 17.1. The molecule has 0 heterocycles. The third-order valence-electron chi connectivity index (χ3n) is 3.09. The minimum atomic E-state index is -1.70. The van der Waals surface area contributed by atoms with E-state index in [1.165, 1.54) is 0 Å². The summed E-state index contributed by atoms with van der Waals surface area (Å²) in [5, 5.41) is 0.228. The van der Waals surface area contributed by atoms with E-state index in [-0.39, 0.29) is 5.04 Å². The van der Waals surface area contributed by atoms with Crippen molar-refractivity contribution in [1.29, 1.82) is 0 Å². The van der Waals surface area contributed by atoms with E-state index in [0.29, 0.717) is 0 Å². The summed E-state index contributed by atoms with van der Waals surface area (Å²) in [5.74, 6) is 0. The lowest BCUT2D eigenvalue weighted by atomic mass is 10.2. The van der Waals surface area contributed by atoms with Gasteiger partial charge in [0.05, 0.1) is 12.0 Å². The van der Waals surface area contributed by atoms with Crippen LogP contribution in [-0.2, 0) is 4.43 Å². The summed E-state index contributed by atoms with van der Waals surface area (Å²) in [7, 11) is -1.70. The zero-order chi connectivity index (χ0) is 13.7. The molecule has 0 aromatic rings. The van der Waals surface area contributed by atoms with E-state index < -0.39 is 8.32 Å². The van der Waals surface area contributed by atoms with Crippen LogP contribution in [0.15, 0.2) is 29.1 Å². The lowest BCUT2D eigenvalue weighted by Crippen LogP contribution is -2.39. The Morgan fingerprint density at radius 1 is 1.18 bits per heavy atom. The van der Waals surface area contributed by atoms with E-state index in [1.807, 2.05) is 39.2 Å². The topological polar surface area (TPSA) is 21.6 Å². The van der Waals surface area contributed by atoms with Gasteiger partial charge < -0.3 is 4.43 Å². The monoisotopic (exact) mass is 253 g/mol. The molecule has 0 amide bonds. The van der Waals surface area contributed by atoms with E-state index in [0.717, 1.165) is 11.4 Å². The van der Waals surface area contributed by atoms with Gasteiger partial charge in [-0.05, 0) is 45.0 Å². The van der Waals surface area contributed by atoms with Crippen LogP contribution in [0.2, 0.25) is 18.1 Å². The summed E-state index contributed by atoms with van der Waals surface area (Å²) in [6, 6.07) is 0. The van der Waals surface area contributed by atoms with Crippen molar-refractivity contribution >= 4 is 14.0 Å². The van der Waals surface area contributed by atoms with Crippen molar-refractivity contribution in [3.8, 4) is 0 Å². The molecule has 0 unspecified atom stereocenters. The molecule has 0 saturated heterocycles. The molecule has 0 aliphatic carbocycles. The average Bonchev–Trinajstić information content (AvgIpc) is 2.13. The standard InChI is InChI=1S/C14H27NOSi/c1-9-10-12(2)15-13(3)11-16-17(7,8)14(4,5)6/h9-11H,1-8H3/b10-9-,13-11-,15-12-. The Morgan fingerprint density at radius 2 is 1.71 bits per heavy atom. The molecular formula is C14H27NOSi. The van der Waals surface area contributed by atoms with Gasteiger partial charge in [0.2, 0.25) is 8.32 Å². The number of nitrogens with zero attached hydrogens (tertiary/aromatic N) is 1. The van der Waals surface area contributed by atoms with Gasteiger partial charge in [-0.15, -0.1) is 0 Å². The number of rotatable bonds is 4. The van der Waals surface area contributed by atoms with Gasteiger partial charge in [-0.25, -0.2) is 0 Å². The molecule has 0 atom stereocenters. The van der Waals surface area contributed by atoms with Gasteiger partial charge in [0.25, 0.3) is 0 Å². The molecule has 3 heteroatoms. The highest BCUT2D eigenvalue weighted by atomic mass is 28.4. The second-order valence-corrected chi connectivity index (χ2v) is 10.6. The van der Waals surface area contributed by atoms with Crippen LogP contribution in [0.5, 0.6) is 0 Å². The third-order valence-corrected chi connectivity index (χ3v) is 7.41. The van der Waals surface area contributed by atoms with Gasteiger partial charge in [0.1, 0.15) is 0 Å². The van der Waals surface area contributed by atoms with Crippen molar-refractivity contribution in [1.82, 2.24) is 0 Å². The fourth-order valence-electron chi connectivity index (χ4n) is 0.992. The highest BCUT2D eigenvalue weighted by Crippen LogP contribution is 2.36. The van der Waals surface area contributed by atoms with Crippen LogP contribution < -0.4 is 0 Å². The van der Waals surface area contributed by atoms with Crippen molar-refractivity contribution in [2.24, 2.45) is 4.99 Å². The summed E-state index contributed by atoms with van der Waals surface area (Å²) in [5.41, 5.74) is 1.92. The summed E-state index contributed by atoms with van der Waals surface area (Å²) in [6.07, 6.45) is 5.79. The normalized spacial score (nSPS) is 15.5. The molecule has 0 N–H and O–H groups in total. The van der Waals surface area contributed by atoms with Crippen molar-refractivity contribution < 1.29 is 4.43 Å². The number of aliphatic imine (C=N–C) groups is 1. The molecule has 0 aliphatic heterocycles. The molecule has 0 aromatic carbocycles. The first-order chi connectivity index (χ1) is 7.60. The van der Waals surface area contributed by atoms with Crippen LogP contribution in [0.1, 0.15) is 41.5 Å². The number of hydrogen-bond donors (Lipinski definition) is 0. The second kappa shape index (κ2) is 6.19. The van der Waals surface area contributed by atoms with Gasteiger partial charge in [-0.2, -0.15) is 0 Å². The average molecular weight is 253 g/mol. The molecule has 2 nitrogen and oxygen atoms in total. The smallest absolute Gasteiger partial charge is 0.249 e. The quantitative estimate of drug-likeness (QED) is 0.396. The van der Waals surface area contributed by atoms with Crippen LogP contribution >= 0.6 is 0 Å². The fraction of sp³-hybridized carbons (Fsp3) is 0.643. The maximum Gasteiger partial charge on any atom is 0.249 e. The molecule has 17 heavy (non-hydrogen) atoms. The number of hydrogen-bond acceptors (Lipinski definition) is 2. The Labute approximate surface area is 108 Å². The maximum absolute atomic E-state index is 5.98. The van der Waals surface area contributed by atoms with Gasteiger partial charge in [-0.3, -0.25) is 4.99 Å². The third kappa shape index (κ3) is 5.87. The Bertz CT molecular complexity index is 333. The molecule has 98 valence electrons. The van der Waals surface area contributed by atoms with Crippen LogP contribution in [0.3, 0.4) is 0 Å². The Kier molecular flexibility index (Phi) is 5.89. The zero-order valence-corrected chi connectivity index (χ0v) is 13.6. The van der Waals surface area contributed by atoms with E-state index in [1.54, 1.807) is 0 Å². The van der Waals surface area contributed by atoms with Crippen molar-refractivity contribution in [3.05, 3.63) is 24.1 Å². The lowest BCUT2D eigenvalue weighted by Gasteiger charge is -2.35. The highest BCUT2D eigenvalue weighted by molar-refractivity contribution is 6.74. The van der Waals surface area contributed by atoms with Gasteiger partial charge >= 0.3 is 0 Å². The molecule has 0 aromatic heterocycles. The van der Waals surface area contributed by atoms with Crippen molar-refractivity contribution in [2.45, 2.75) is 59.7 Å². The van der Waals surface area contributed by atoms with Gasteiger partial charge in [0.15, 0.2) is 0 Å². The molecule has 0 radical (unpaired) electrons. The van der Waals surface area contributed by atoms with Crippen LogP contribution in [0.4, 0.5) is 0 Å². The summed E-state index contributed by atoms with van der Waals surface area (Å²) < 4.78 is 5.98. The first-order valence-electron chi connectivity index (χ1n) is 6.13. The SMILES string of the molecule is C\C=C/C(C)=N\C(C)=C/O[Si](C)(C)C(C)(C)C. The van der Waals surface area contributed by atoms with E-state index in [9.17, 15) is 0 Å². The zero-order valence-electron chi connectivity index (χ0n) is 12.6. The van der Waals surface area contributed by atoms with Crippen LogP contribution in [0, 0.1) is 0 Å². The lowest BCUT2D eigenvalue weighted by molar-refractivity contribution is 0.425. The number of allylic oxidation sites excluding steroid dienone is 3. The van der Waals surface area contributed by atoms with E-state index in [2.05, 4.69) is 38.9 Å². The molecule has 0 spiro atoms. The molecule has 0 bridgehead atoms. The summed E-state index contributed by atoms with van der Waals surface area (Å²) in [4.78, 5) is 4.44. The minimum absolute atomic E-state index is 0.228. The largest absolute Gasteiger partial charge is 0.547 e. The molecule has 0 rings (SSSR count). The Balaban J connectivity index is 4.70. The van der Waals surface area contributed by atoms with Crippen molar-refractivity contribution in [2.75, 3.05) is 0 Å². The minimum Gasteiger partial charge on any atom is -0.547 e. The highest BCUT2D eigenvalue weighted by Gasteiger charge is 2.38. The van der Waals surface area contributed by atoms with E-state index in [4.69, 9.17) is 4.43 Å². The first-order valence-corrected chi connectivity index (χ1v) is 9.03. The van der Waals surface area contributed by atoms with E-state index >= 15 is 0 Å². The molecule has 0 saturated carbocycles.